The zero-order chi connectivity index (χ0) is 20.7. The molecule has 0 aliphatic carbocycles. The number of carbonyl (C=O) groups is 2. The van der Waals surface area contributed by atoms with E-state index in [9.17, 15) is 9.59 Å². The summed E-state index contributed by atoms with van der Waals surface area (Å²) in [4.78, 5) is 31.1. The molecule has 3 heterocycles. The van der Waals surface area contributed by atoms with Crippen molar-refractivity contribution in [2.24, 2.45) is 0 Å². The fourth-order valence-corrected chi connectivity index (χ4v) is 3.65. The maximum Gasteiger partial charge on any atom is 0.325 e. The predicted octanol–water partition coefficient (Wildman–Crippen LogP) is 3.08. The number of nitrogens with one attached hydrogen (secondary N) is 1. The number of urea groups is 1. The molecule has 2 aliphatic heterocycles. The van der Waals surface area contributed by atoms with E-state index in [0.717, 1.165) is 10.5 Å². The second-order valence-electron chi connectivity index (χ2n) is 7.29. The zero-order valence-corrected chi connectivity index (χ0v) is 16.3. The Morgan fingerprint density at radius 1 is 1.07 bits per heavy atom. The molecule has 3 aromatic rings. The molecule has 1 aromatic heterocycles. The summed E-state index contributed by atoms with van der Waals surface area (Å²) < 4.78 is 16.9. The summed E-state index contributed by atoms with van der Waals surface area (Å²) in [7, 11) is 0. The van der Waals surface area contributed by atoms with Crippen LogP contribution in [0.25, 0.3) is 11.3 Å². The molecule has 0 saturated carbocycles. The van der Waals surface area contributed by atoms with E-state index >= 15 is 0 Å². The zero-order valence-electron chi connectivity index (χ0n) is 16.3. The van der Waals surface area contributed by atoms with Gasteiger partial charge in [-0.3, -0.25) is 9.69 Å². The fourth-order valence-electron chi connectivity index (χ4n) is 3.65. The Labute approximate surface area is 172 Å². The molecule has 2 aromatic carbocycles. The number of hydrogen-bond donors (Lipinski definition) is 1. The highest BCUT2D eigenvalue weighted by Crippen LogP contribution is 2.37. The van der Waals surface area contributed by atoms with E-state index in [1.165, 1.54) is 0 Å². The van der Waals surface area contributed by atoms with Crippen molar-refractivity contribution in [2.75, 3.05) is 13.2 Å². The normalized spacial score (nSPS) is 20.4. The number of benzene rings is 2. The largest absolute Gasteiger partial charge is 0.486 e. The molecule has 30 heavy (non-hydrogen) atoms. The second-order valence-corrected chi connectivity index (χ2v) is 7.29. The van der Waals surface area contributed by atoms with E-state index in [-0.39, 0.29) is 18.3 Å². The molecule has 1 fully saturated rings. The molecule has 0 bridgehead atoms. The third kappa shape index (κ3) is 2.97. The first-order valence-corrected chi connectivity index (χ1v) is 9.59. The highest BCUT2D eigenvalue weighted by Gasteiger charge is 2.49. The van der Waals surface area contributed by atoms with Crippen LogP contribution in [0.15, 0.2) is 59.1 Å². The Kier molecular flexibility index (Phi) is 4.20. The summed E-state index contributed by atoms with van der Waals surface area (Å²) in [5, 5.41) is 2.78. The van der Waals surface area contributed by atoms with E-state index in [1.54, 1.807) is 31.3 Å². The van der Waals surface area contributed by atoms with Crippen LogP contribution in [0.2, 0.25) is 0 Å². The van der Waals surface area contributed by atoms with Gasteiger partial charge in [0.2, 0.25) is 5.89 Å². The first kappa shape index (κ1) is 18.2. The lowest BCUT2D eigenvalue weighted by molar-refractivity contribution is -0.131. The summed E-state index contributed by atoms with van der Waals surface area (Å²) in [6, 6.07) is 14.2. The molecule has 5 rings (SSSR count). The van der Waals surface area contributed by atoms with E-state index < -0.39 is 11.6 Å². The lowest BCUT2D eigenvalue weighted by Gasteiger charge is -2.25. The molecule has 152 valence electrons. The quantitative estimate of drug-likeness (QED) is 0.671. The third-order valence-electron chi connectivity index (χ3n) is 5.30. The van der Waals surface area contributed by atoms with Crippen LogP contribution in [-0.4, -0.2) is 35.0 Å². The van der Waals surface area contributed by atoms with E-state index in [2.05, 4.69) is 10.3 Å². The third-order valence-corrected chi connectivity index (χ3v) is 5.30. The van der Waals surface area contributed by atoms with Crippen molar-refractivity contribution < 1.29 is 23.5 Å². The van der Waals surface area contributed by atoms with Crippen LogP contribution in [-0.2, 0) is 16.9 Å². The van der Waals surface area contributed by atoms with Gasteiger partial charge in [-0.05, 0) is 24.6 Å². The standard InChI is InChI=1S/C22H19N3O5/c1-22(15-7-8-16-17(11-15)29-10-9-28-16)20(26)25(21(27)24-22)13-19-23-12-18(30-19)14-5-3-2-4-6-14/h2-8,11-12H,9-10,13H2,1H3,(H,24,27). The first-order chi connectivity index (χ1) is 14.5. The smallest absolute Gasteiger partial charge is 0.325 e. The number of ether oxygens (including phenoxy) is 2. The Balaban J connectivity index is 1.39. The average Bonchev–Trinajstić information content (AvgIpc) is 3.33. The van der Waals surface area contributed by atoms with Gasteiger partial charge in [-0.25, -0.2) is 9.78 Å². The highest BCUT2D eigenvalue weighted by atomic mass is 16.6. The van der Waals surface area contributed by atoms with Crippen molar-refractivity contribution >= 4 is 11.9 Å². The number of nitrogens with zero attached hydrogens (tertiary/aromatic N) is 2. The minimum absolute atomic E-state index is 0.0579. The molecule has 2 aliphatic rings. The van der Waals surface area contributed by atoms with Gasteiger partial charge in [-0.15, -0.1) is 0 Å². The van der Waals surface area contributed by atoms with Crippen LogP contribution >= 0.6 is 0 Å². The minimum Gasteiger partial charge on any atom is -0.486 e. The predicted molar refractivity (Wildman–Crippen MR) is 106 cm³/mol. The van der Waals surface area contributed by atoms with Crippen molar-refractivity contribution in [1.82, 2.24) is 15.2 Å². The Hall–Kier alpha value is -3.81. The second kappa shape index (κ2) is 6.91. The summed E-state index contributed by atoms with van der Waals surface area (Å²) in [6.45, 7) is 2.53. The van der Waals surface area contributed by atoms with Gasteiger partial charge in [0.15, 0.2) is 17.3 Å². The molecule has 0 spiro atoms. The number of hydrogen-bond acceptors (Lipinski definition) is 6. The molecular weight excluding hydrogens is 386 g/mol. The van der Waals surface area contributed by atoms with Crippen LogP contribution < -0.4 is 14.8 Å². The van der Waals surface area contributed by atoms with Gasteiger partial charge in [-0.1, -0.05) is 36.4 Å². The minimum atomic E-state index is -1.22. The summed E-state index contributed by atoms with van der Waals surface area (Å²) in [5.74, 6) is 1.65. The van der Waals surface area contributed by atoms with Gasteiger partial charge in [0, 0.05) is 5.56 Å². The van der Waals surface area contributed by atoms with Crippen molar-refractivity contribution in [1.29, 1.82) is 0 Å². The van der Waals surface area contributed by atoms with Gasteiger partial charge >= 0.3 is 6.03 Å². The van der Waals surface area contributed by atoms with Crippen LogP contribution in [0.3, 0.4) is 0 Å². The van der Waals surface area contributed by atoms with Gasteiger partial charge in [0.25, 0.3) is 5.91 Å². The Morgan fingerprint density at radius 3 is 2.63 bits per heavy atom. The molecule has 1 unspecified atom stereocenters. The van der Waals surface area contributed by atoms with Crippen LogP contribution in [0.1, 0.15) is 18.4 Å². The molecule has 8 heteroatoms. The highest BCUT2D eigenvalue weighted by molar-refractivity contribution is 6.07. The SMILES string of the molecule is CC1(c2ccc3c(c2)OCCO3)NC(=O)N(Cc2ncc(-c3ccccc3)o2)C1=O. The lowest BCUT2D eigenvalue weighted by Crippen LogP contribution is -2.41. The van der Waals surface area contributed by atoms with Crippen LogP contribution in [0.4, 0.5) is 4.79 Å². The van der Waals surface area contributed by atoms with Gasteiger partial charge in [0.1, 0.15) is 25.3 Å². The van der Waals surface area contributed by atoms with Gasteiger partial charge in [0.05, 0.1) is 6.20 Å². The number of imide groups is 1. The van der Waals surface area contributed by atoms with E-state index in [1.807, 2.05) is 30.3 Å². The summed E-state index contributed by atoms with van der Waals surface area (Å²) >= 11 is 0. The van der Waals surface area contributed by atoms with Crippen LogP contribution in [0, 0.1) is 0 Å². The number of fused-ring (bicyclic) bond motifs is 1. The average molecular weight is 405 g/mol. The Morgan fingerprint density at radius 2 is 1.83 bits per heavy atom. The molecule has 1 N–H and O–H groups in total. The van der Waals surface area contributed by atoms with Gasteiger partial charge in [-0.2, -0.15) is 0 Å². The summed E-state index contributed by atoms with van der Waals surface area (Å²) in [6.07, 6.45) is 1.59. The number of amides is 3. The Bertz CT molecular complexity index is 1130. The molecule has 1 saturated heterocycles. The van der Waals surface area contributed by atoms with E-state index in [4.69, 9.17) is 13.9 Å². The molecule has 3 amide bonds. The maximum absolute atomic E-state index is 13.2. The topological polar surface area (TPSA) is 93.9 Å². The fraction of sp³-hybridized carbons (Fsp3) is 0.227. The van der Waals surface area contributed by atoms with Crippen molar-refractivity contribution in [3.63, 3.8) is 0 Å². The van der Waals surface area contributed by atoms with Crippen LogP contribution in [0.5, 0.6) is 11.5 Å². The summed E-state index contributed by atoms with van der Waals surface area (Å²) in [5.41, 5.74) is 0.265. The molecular formula is C22H19N3O5. The van der Waals surface area contributed by atoms with Crippen molar-refractivity contribution in [2.45, 2.75) is 19.0 Å². The number of aromatic nitrogens is 1. The molecule has 0 radical (unpaired) electrons. The lowest BCUT2D eigenvalue weighted by atomic mass is 9.91. The number of carbonyl (C=O) groups excluding carboxylic acids is 2. The molecule has 1 atom stereocenters. The van der Waals surface area contributed by atoms with Crippen molar-refractivity contribution in [3.8, 4) is 22.8 Å². The van der Waals surface area contributed by atoms with Crippen molar-refractivity contribution in [3.05, 3.63) is 66.2 Å². The van der Waals surface area contributed by atoms with Gasteiger partial charge < -0.3 is 19.2 Å². The first-order valence-electron chi connectivity index (χ1n) is 9.59. The number of rotatable bonds is 4. The maximum atomic E-state index is 13.2. The van der Waals surface area contributed by atoms with E-state index in [0.29, 0.717) is 36.0 Å². The monoisotopic (exact) mass is 405 g/mol. The number of oxazole rings is 1. The molecule has 8 nitrogen and oxygen atoms in total.